The number of carbonyl (C=O) groups is 1. The quantitative estimate of drug-likeness (QED) is 0.491. The van der Waals surface area contributed by atoms with E-state index in [0.717, 1.165) is 3.57 Å². The Hall–Kier alpha value is -0.710. The zero-order valence-corrected chi connectivity index (χ0v) is 13.4. The number of rotatable bonds is 6. The Morgan fingerprint density at radius 3 is 2.32 bits per heavy atom. The summed E-state index contributed by atoms with van der Waals surface area (Å²) in [5.74, 6) is -1.29. The highest BCUT2D eigenvalue weighted by Crippen LogP contribution is 2.14. The third-order valence-electron chi connectivity index (χ3n) is 2.42. The molecule has 0 heterocycles. The fourth-order valence-corrected chi connectivity index (χ4v) is 3.12. The van der Waals surface area contributed by atoms with E-state index >= 15 is 0 Å². The lowest BCUT2D eigenvalue weighted by Crippen LogP contribution is -2.61. The zero-order chi connectivity index (χ0) is 14.7. The number of halogens is 1. The maximum atomic E-state index is 12.1. The number of carboxylic acids is 1. The predicted molar refractivity (Wildman–Crippen MR) is 79.2 cm³/mol. The normalized spacial score (nSPS) is 14.9. The Labute approximate surface area is 125 Å². The molecule has 19 heavy (non-hydrogen) atoms. The number of sulfonamides is 1. The van der Waals surface area contributed by atoms with Crippen LogP contribution in [0.5, 0.6) is 0 Å². The molecule has 0 spiro atoms. The van der Waals surface area contributed by atoms with Crippen LogP contribution in [0.4, 0.5) is 0 Å². The summed E-state index contributed by atoms with van der Waals surface area (Å²) in [6, 6.07) is 6.14. The summed E-state index contributed by atoms with van der Waals surface area (Å²) in [6.45, 7) is 3.28. The maximum Gasteiger partial charge on any atom is 0.339 e. The number of hydrogen-bond acceptors (Lipinski definition) is 4. The van der Waals surface area contributed by atoms with E-state index in [2.05, 4.69) is 32.6 Å². The fraction of sp³-hybridized carbons (Fsp3) is 0.364. The summed E-state index contributed by atoms with van der Waals surface area (Å²) < 4.78 is 27.3. The summed E-state index contributed by atoms with van der Waals surface area (Å²) in [5, 5.41) is 11.7. The standard InChI is InChI=1S/C11H15IN2O4S/c1-3-13-11(2,10(15)16)14-19(17,18)9-6-4-8(12)5-7-9/h4-7,13-14H,3H2,1-2H3,(H,15,16)/t11-/m0/s1. The predicted octanol–water partition coefficient (Wildman–Crippen LogP) is 0.980. The molecule has 0 unspecified atom stereocenters. The van der Waals surface area contributed by atoms with Gasteiger partial charge in [0.25, 0.3) is 0 Å². The number of carboxylic acid groups (broad SMARTS) is 1. The van der Waals surface area contributed by atoms with Gasteiger partial charge >= 0.3 is 5.97 Å². The Morgan fingerprint density at radius 1 is 1.37 bits per heavy atom. The van der Waals surface area contributed by atoms with Crippen LogP contribution in [0, 0.1) is 3.57 Å². The molecule has 0 aliphatic carbocycles. The van der Waals surface area contributed by atoms with E-state index in [1.165, 1.54) is 19.1 Å². The third kappa shape index (κ3) is 4.13. The molecule has 0 fully saturated rings. The summed E-state index contributed by atoms with van der Waals surface area (Å²) in [6.07, 6.45) is 0. The molecule has 0 bridgehead atoms. The molecule has 0 saturated heterocycles. The van der Waals surface area contributed by atoms with Crippen molar-refractivity contribution >= 4 is 38.6 Å². The molecular formula is C11H15IN2O4S. The van der Waals surface area contributed by atoms with Crippen LogP contribution in [-0.4, -0.2) is 31.7 Å². The molecule has 1 atom stereocenters. The van der Waals surface area contributed by atoms with Gasteiger partial charge in [0, 0.05) is 3.57 Å². The van der Waals surface area contributed by atoms with Crippen LogP contribution >= 0.6 is 22.6 Å². The Kier molecular flexibility index (Phi) is 5.30. The van der Waals surface area contributed by atoms with Crippen molar-refractivity contribution in [3.63, 3.8) is 0 Å². The molecule has 0 amide bonds. The topological polar surface area (TPSA) is 95.5 Å². The molecule has 0 saturated carbocycles. The van der Waals surface area contributed by atoms with Gasteiger partial charge in [-0.3, -0.25) is 5.32 Å². The molecule has 6 nitrogen and oxygen atoms in total. The Bertz CT molecular complexity index is 559. The van der Waals surface area contributed by atoms with Gasteiger partial charge in [0.1, 0.15) is 0 Å². The highest BCUT2D eigenvalue weighted by atomic mass is 127. The molecule has 0 aliphatic rings. The van der Waals surface area contributed by atoms with Gasteiger partial charge < -0.3 is 5.11 Å². The summed E-state index contributed by atoms with van der Waals surface area (Å²) >= 11 is 2.06. The number of benzene rings is 1. The van der Waals surface area contributed by atoms with Gasteiger partial charge in [-0.15, -0.1) is 0 Å². The highest BCUT2D eigenvalue weighted by Gasteiger charge is 2.37. The maximum absolute atomic E-state index is 12.1. The first-order chi connectivity index (χ1) is 8.71. The van der Waals surface area contributed by atoms with Gasteiger partial charge in [-0.05, 0) is 60.3 Å². The van der Waals surface area contributed by atoms with Crippen LogP contribution in [0.2, 0.25) is 0 Å². The van der Waals surface area contributed by atoms with Crippen LogP contribution < -0.4 is 10.0 Å². The van der Waals surface area contributed by atoms with E-state index in [-0.39, 0.29) is 4.90 Å². The molecule has 0 aliphatic heterocycles. The van der Waals surface area contributed by atoms with E-state index < -0.39 is 21.7 Å². The van der Waals surface area contributed by atoms with Gasteiger partial charge in [0.05, 0.1) is 4.90 Å². The van der Waals surface area contributed by atoms with Crippen LogP contribution in [-0.2, 0) is 14.8 Å². The Balaban J connectivity index is 3.07. The van der Waals surface area contributed by atoms with Crippen LogP contribution in [0.1, 0.15) is 13.8 Å². The smallest absolute Gasteiger partial charge is 0.339 e. The van der Waals surface area contributed by atoms with Crippen LogP contribution in [0.3, 0.4) is 0 Å². The zero-order valence-electron chi connectivity index (χ0n) is 10.5. The van der Waals surface area contributed by atoms with Crippen molar-refractivity contribution in [1.29, 1.82) is 0 Å². The largest absolute Gasteiger partial charge is 0.479 e. The van der Waals surface area contributed by atoms with Crippen LogP contribution in [0.25, 0.3) is 0 Å². The molecule has 0 radical (unpaired) electrons. The number of likely N-dealkylation sites (N-methyl/N-ethyl adjacent to an activating group) is 1. The minimum absolute atomic E-state index is 0.0262. The molecule has 1 aromatic rings. The van der Waals surface area contributed by atoms with Crippen LogP contribution in [0.15, 0.2) is 29.2 Å². The molecule has 8 heteroatoms. The SMILES string of the molecule is CCN[C@@](C)(NS(=O)(=O)c1ccc(I)cc1)C(=O)O. The van der Waals surface area contributed by atoms with Crippen molar-refractivity contribution in [2.75, 3.05) is 6.54 Å². The highest BCUT2D eigenvalue weighted by molar-refractivity contribution is 14.1. The molecule has 0 aromatic heterocycles. The van der Waals surface area contributed by atoms with E-state index in [9.17, 15) is 13.2 Å². The monoisotopic (exact) mass is 398 g/mol. The van der Waals surface area contributed by atoms with Crippen molar-refractivity contribution in [2.45, 2.75) is 24.4 Å². The molecule has 106 valence electrons. The van der Waals surface area contributed by atoms with Gasteiger partial charge in [0.15, 0.2) is 5.66 Å². The van der Waals surface area contributed by atoms with E-state index in [1.807, 2.05) is 0 Å². The van der Waals surface area contributed by atoms with E-state index in [1.54, 1.807) is 19.1 Å². The summed E-state index contributed by atoms with van der Waals surface area (Å²) in [5.41, 5.74) is -1.74. The van der Waals surface area contributed by atoms with Gasteiger partial charge in [-0.1, -0.05) is 6.92 Å². The average Bonchev–Trinajstić information content (AvgIpc) is 2.28. The van der Waals surface area contributed by atoms with Crippen molar-refractivity contribution in [1.82, 2.24) is 10.0 Å². The van der Waals surface area contributed by atoms with E-state index in [0.29, 0.717) is 6.54 Å². The first-order valence-electron chi connectivity index (χ1n) is 5.49. The van der Waals surface area contributed by atoms with Gasteiger partial charge in [-0.25, -0.2) is 13.2 Å². The third-order valence-corrected chi connectivity index (χ3v) is 4.71. The van der Waals surface area contributed by atoms with Gasteiger partial charge in [-0.2, -0.15) is 4.72 Å². The van der Waals surface area contributed by atoms with E-state index in [4.69, 9.17) is 5.11 Å². The lowest BCUT2D eigenvalue weighted by molar-refractivity contribution is -0.144. The lowest BCUT2D eigenvalue weighted by Gasteiger charge is -2.26. The van der Waals surface area contributed by atoms with Crippen molar-refractivity contribution < 1.29 is 18.3 Å². The average molecular weight is 398 g/mol. The molecule has 3 N–H and O–H groups in total. The lowest BCUT2D eigenvalue weighted by atomic mass is 10.2. The second-order valence-electron chi connectivity index (χ2n) is 4.02. The van der Waals surface area contributed by atoms with Crippen molar-refractivity contribution in [2.24, 2.45) is 0 Å². The number of aliphatic carboxylic acids is 1. The second-order valence-corrected chi connectivity index (χ2v) is 6.95. The van der Waals surface area contributed by atoms with Crippen molar-refractivity contribution in [3.05, 3.63) is 27.8 Å². The molecule has 1 rings (SSSR count). The summed E-state index contributed by atoms with van der Waals surface area (Å²) in [4.78, 5) is 11.2. The first-order valence-corrected chi connectivity index (χ1v) is 8.05. The molecular weight excluding hydrogens is 383 g/mol. The molecule has 1 aromatic carbocycles. The van der Waals surface area contributed by atoms with Crippen molar-refractivity contribution in [3.8, 4) is 0 Å². The Morgan fingerprint density at radius 2 is 1.89 bits per heavy atom. The van der Waals surface area contributed by atoms with Gasteiger partial charge in [0.2, 0.25) is 10.0 Å². The number of hydrogen-bond donors (Lipinski definition) is 3. The minimum atomic E-state index is -3.90. The minimum Gasteiger partial charge on any atom is -0.479 e. The summed E-state index contributed by atoms with van der Waals surface area (Å²) in [7, 11) is -3.90. The number of nitrogens with one attached hydrogen (secondary N) is 2. The first kappa shape index (κ1) is 16.3. The second kappa shape index (κ2) is 6.16. The fourth-order valence-electron chi connectivity index (χ4n) is 1.45.